The predicted octanol–water partition coefficient (Wildman–Crippen LogP) is 3.48. The summed E-state index contributed by atoms with van der Waals surface area (Å²) in [6.45, 7) is 4.03. The molecule has 0 saturated carbocycles. The van der Waals surface area contributed by atoms with Gasteiger partial charge in [-0.3, -0.25) is 14.8 Å². The van der Waals surface area contributed by atoms with E-state index in [1.54, 1.807) is 22.9 Å². The Balaban J connectivity index is 1.74. The Morgan fingerprint density at radius 1 is 1.36 bits per heavy atom. The molecule has 0 spiro atoms. The van der Waals surface area contributed by atoms with Crippen LogP contribution in [0.5, 0.6) is 0 Å². The summed E-state index contributed by atoms with van der Waals surface area (Å²) in [5.41, 5.74) is 0.556. The number of carbonyl (C=O) groups excluding carboxylic acids is 1. The third-order valence-electron chi connectivity index (χ3n) is 2.80. The number of thiophene rings is 1. The number of rotatable bonds is 4. The zero-order chi connectivity index (χ0) is 15.7. The second-order valence-corrected chi connectivity index (χ2v) is 6.46. The normalized spacial score (nSPS) is 11.1. The van der Waals surface area contributed by atoms with Gasteiger partial charge in [-0.05, 0) is 32.0 Å². The van der Waals surface area contributed by atoms with Gasteiger partial charge in [0, 0.05) is 12.2 Å². The number of hydrogen-bond acceptors (Lipinski definition) is 6. The van der Waals surface area contributed by atoms with Gasteiger partial charge in [-0.15, -0.1) is 16.4 Å². The second kappa shape index (κ2) is 5.90. The molecule has 22 heavy (non-hydrogen) atoms. The summed E-state index contributed by atoms with van der Waals surface area (Å²) in [4.78, 5) is 12.4. The average Bonchev–Trinajstić information content (AvgIpc) is 3.16. The maximum atomic E-state index is 12.0. The molecule has 0 aliphatic rings. The highest BCUT2D eigenvalue weighted by molar-refractivity contribution is 7.18. The molecule has 0 aliphatic carbocycles. The molecule has 0 radical (unpaired) electrons. The zero-order valence-electron chi connectivity index (χ0n) is 11.8. The topological polar surface area (TPSA) is 85.8 Å². The van der Waals surface area contributed by atoms with Crippen molar-refractivity contribution in [2.75, 3.05) is 5.32 Å². The number of hydrogen-bond donors (Lipinski definition) is 1. The summed E-state index contributed by atoms with van der Waals surface area (Å²) >= 11 is 6.97. The van der Waals surface area contributed by atoms with E-state index < -0.39 is 0 Å². The van der Waals surface area contributed by atoms with E-state index in [0.29, 0.717) is 14.9 Å². The summed E-state index contributed by atoms with van der Waals surface area (Å²) in [5.74, 6) is -0.0984. The monoisotopic (exact) mass is 337 g/mol. The van der Waals surface area contributed by atoms with Gasteiger partial charge in [-0.1, -0.05) is 16.7 Å². The highest BCUT2D eigenvalue weighted by Gasteiger charge is 2.16. The van der Waals surface area contributed by atoms with Gasteiger partial charge in [-0.2, -0.15) is 5.10 Å². The van der Waals surface area contributed by atoms with Crippen molar-refractivity contribution < 1.29 is 9.21 Å². The highest BCUT2D eigenvalue weighted by Crippen LogP contribution is 2.23. The minimum absolute atomic E-state index is 0.0172. The lowest BCUT2D eigenvalue weighted by atomic mass is 10.4. The Hall–Kier alpha value is -2.19. The fourth-order valence-corrected chi connectivity index (χ4v) is 2.65. The molecule has 3 heterocycles. The van der Waals surface area contributed by atoms with Crippen LogP contribution in [0.1, 0.15) is 29.6 Å². The standard InChI is InChI=1S/C13H12ClN5O2S/c1-7(2)19-6-5-8(18-19)12-16-17-13(21-12)15-11(20)9-3-4-10(14)22-9/h3-7H,1-2H3,(H,15,17,20). The van der Waals surface area contributed by atoms with Crippen LogP contribution in [0.2, 0.25) is 4.34 Å². The van der Waals surface area contributed by atoms with Gasteiger partial charge in [0.25, 0.3) is 11.8 Å². The van der Waals surface area contributed by atoms with E-state index in [2.05, 4.69) is 20.6 Å². The quantitative estimate of drug-likeness (QED) is 0.787. The Kier molecular flexibility index (Phi) is 3.95. The maximum absolute atomic E-state index is 12.0. The molecule has 1 amide bonds. The summed E-state index contributed by atoms with van der Waals surface area (Å²) < 4.78 is 7.72. The van der Waals surface area contributed by atoms with Crippen LogP contribution in [0, 0.1) is 0 Å². The van der Waals surface area contributed by atoms with Crippen LogP contribution in [-0.4, -0.2) is 25.9 Å². The molecular formula is C13H12ClN5O2S. The maximum Gasteiger partial charge on any atom is 0.322 e. The highest BCUT2D eigenvalue weighted by atomic mass is 35.5. The lowest BCUT2D eigenvalue weighted by Gasteiger charge is -2.02. The molecule has 0 aromatic carbocycles. The van der Waals surface area contributed by atoms with Crippen molar-refractivity contribution in [3.05, 3.63) is 33.6 Å². The Labute approximate surface area is 134 Å². The average molecular weight is 338 g/mol. The number of amides is 1. The Morgan fingerprint density at radius 2 is 2.18 bits per heavy atom. The van der Waals surface area contributed by atoms with Crippen LogP contribution in [-0.2, 0) is 0 Å². The lowest BCUT2D eigenvalue weighted by molar-refractivity contribution is 0.102. The van der Waals surface area contributed by atoms with E-state index in [4.69, 9.17) is 16.0 Å². The van der Waals surface area contributed by atoms with Crippen molar-refractivity contribution in [3.63, 3.8) is 0 Å². The summed E-state index contributed by atoms with van der Waals surface area (Å²) in [6, 6.07) is 5.31. The van der Waals surface area contributed by atoms with E-state index in [-0.39, 0.29) is 23.9 Å². The van der Waals surface area contributed by atoms with Crippen molar-refractivity contribution in [1.29, 1.82) is 0 Å². The van der Waals surface area contributed by atoms with Crippen LogP contribution in [0.3, 0.4) is 0 Å². The molecule has 0 saturated heterocycles. The van der Waals surface area contributed by atoms with Crippen molar-refractivity contribution in [1.82, 2.24) is 20.0 Å². The number of carbonyl (C=O) groups is 1. The third kappa shape index (κ3) is 3.02. The van der Waals surface area contributed by atoms with Crippen LogP contribution in [0.25, 0.3) is 11.6 Å². The first kappa shape index (κ1) is 14.7. The van der Waals surface area contributed by atoms with Gasteiger partial charge >= 0.3 is 6.01 Å². The Bertz CT molecular complexity index is 807. The molecule has 3 aromatic heterocycles. The van der Waals surface area contributed by atoms with Crippen LogP contribution in [0.4, 0.5) is 6.01 Å². The summed E-state index contributed by atoms with van der Waals surface area (Å²) in [6.07, 6.45) is 1.83. The molecule has 0 bridgehead atoms. The smallest absolute Gasteiger partial charge is 0.322 e. The molecule has 0 fully saturated rings. The van der Waals surface area contributed by atoms with Crippen LogP contribution >= 0.6 is 22.9 Å². The van der Waals surface area contributed by atoms with Gasteiger partial charge < -0.3 is 4.42 Å². The molecule has 0 atom stereocenters. The molecule has 9 heteroatoms. The fraction of sp³-hybridized carbons (Fsp3) is 0.231. The first-order valence-corrected chi connectivity index (χ1v) is 7.68. The van der Waals surface area contributed by atoms with Gasteiger partial charge in [0.15, 0.2) is 0 Å². The summed E-state index contributed by atoms with van der Waals surface area (Å²) in [5, 5.41) is 14.5. The largest absolute Gasteiger partial charge is 0.401 e. The van der Waals surface area contributed by atoms with Crippen molar-refractivity contribution in [2.24, 2.45) is 0 Å². The lowest BCUT2D eigenvalue weighted by Crippen LogP contribution is -2.10. The van der Waals surface area contributed by atoms with E-state index in [9.17, 15) is 4.79 Å². The number of aromatic nitrogens is 4. The number of anilines is 1. The first-order chi connectivity index (χ1) is 10.5. The molecule has 0 unspecified atom stereocenters. The second-order valence-electron chi connectivity index (χ2n) is 4.74. The van der Waals surface area contributed by atoms with E-state index in [1.165, 1.54) is 11.3 Å². The van der Waals surface area contributed by atoms with E-state index in [0.717, 1.165) is 0 Å². The molecule has 114 valence electrons. The van der Waals surface area contributed by atoms with Crippen molar-refractivity contribution in [3.8, 4) is 11.6 Å². The van der Waals surface area contributed by atoms with E-state index in [1.807, 2.05) is 20.0 Å². The molecule has 0 aliphatic heterocycles. The molecule has 7 nitrogen and oxygen atoms in total. The SMILES string of the molecule is CC(C)n1ccc(-c2nnc(NC(=O)c3ccc(Cl)s3)o2)n1. The number of nitrogens with one attached hydrogen (secondary N) is 1. The molecular weight excluding hydrogens is 326 g/mol. The summed E-state index contributed by atoms with van der Waals surface area (Å²) in [7, 11) is 0. The first-order valence-electron chi connectivity index (χ1n) is 6.48. The van der Waals surface area contributed by atoms with Gasteiger partial charge in [-0.25, -0.2) is 0 Å². The zero-order valence-corrected chi connectivity index (χ0v) is 13.4. The van der Waals surface area contributed by atoms with Crippen LogP contribution in [0.15, 0.2) is 28.8 Å². The van der Waals surface area contributed by atoms with Gasteiger partial charge in [0.05, 0.1) is 9.21 Å². The molecule has 1 N–H and O–H groups in total. The fourth-order valence-electron chi connectivity index (χ4n) is 1.71. The number of nitrogens with zero attached hydrogens (tertiary/aromatic N) is 4. The molecule has 3 aromatic rings. The van der Waals surface area contributed by atoms with Crippen molar-refractivity contribution >= 4 is 34.9 Å². The van der Waals surface area contributed by atoms with Crippen LogP contribution < -0.4 is 5.32 Å². The van der Waals surface area contributed by atoms with Gasteiger partial charge in [0.2, 0.25) is 0 Å². The van der Waals surface area contributed by atoms with Gasteiger partial charge in [0.1, 0.15) is 5.69 Å². The van der Waals surface area contributed by atoms with Crippen molar-refractivity contribution in [2.45, 2.75) is 19.9 Å². The van der Waals surface area contributed by atoms with E-state index >= 15 is 0 Å². The number of halogens is 1. The minimum atomic E-state index is -0.347. The predicted molar refractivity (Wildman–Crippen MR) is 83.2 cm³/mol. The molecule has 3 rings (SSSR count). The third-order valence-corrected chi connectivity index (χ3v) is 4.03. The minimum Gasteiger partial charge on any atom is -0.401 e. The Morgan fingerprint density at radius 3 is 2.82 bits per heavy atom.